The zero-order valence-electron chi connectivity index (χ0n) is 32.9. The normalized spacial score (nSPS) is 12.3. The van der Waals surface area contributed by atoms with Gasteiger partial charge in [-0.1, -0.05) is 82.6 Å². The van der Waals surface area contributed by atoms with Gasteiger partial charge in [-0.15, -0.1) is 0 Å². The van der Waals surface area contributed by atoms with Gasteiger partial charge in [-0.25, -0.2) is 27.5 Å². The van der Waals surface area contributed by atoms with Gasteiger partial charge in [-0.2, -0.15) is 5.10 Å². The molecule has 1 N–H and O–H groups in total. The van der Waals surface area contributed by atoms with Crippen molar-refractivity contribution in [3.63, 3.8) is 0 Å². The Labute approximate surface area is 340 Å². The van der Waals surface area contributed by atoms with E-state index in [1.807, 2.05) is 19.1 Å². The molecule has 0 radical (unpaired) electrons. The second kappa shape index (κ2) is 18.2. The van der Waals surface area contributed by atoms with E-state index in [0.29, 0.717) is 57.3 Å². The second-order valence-electron chi connectivity index (χ2n) is 15.8. The van der Waals surface area contributed by atoms with Crippen molar-refractivity contribution < 1.29 is 27.0 Å². The van der Waals surface area contributed by atoms with Crippen LogP contribution in [0.5, 0.6) is 5.75 Å². The van der Waals surface area contributed by atoms with E-state index in [1.165, 1.54) is 10.4 Å². The number of hydrogen-bond donors (Lipinski definition) is 1. The number of sulfonamides is 1. The lowest BCUT2D eigenvalue weighted by Crippen LogP contribution is -2.27. The highest BCUT2D eigenvalue weighted by atomic mass is 127. The predicted molar refractivity (Wildman–Crippen MR) is 232 cm³/mol. The minimum atomic E-state index is -3.83. The van der Waals surface area contributed by atoms with Crippen LogP contribution in [0.1, 0.15) is 18.1 Å². The number of nitrogens with zero attached hydrogens (tertiary/aromatic N) is 5. The number of anilines is 2. The lowest BCUT2D eigenvalue weighted by atomic mass is 10.0. The summed E-state index contributed by atoms with van der Waals surface area (Å²) in [5.41, 5.74) is 3.09. The topological polar surface area (TPSA) is 121 Å². The van der Waals surface area contributed by atoms with Crippen LogP contribution in [-0.4, -0.2) is 71.4 Å². The Bertz CT molecular complexity index is 2200. The first kappa shape index (κ1) is 42.7. The predicted octanol–water partition coefficient (Wildman–Crippen LogP) is 9.24. The zero-order valence-corrected chi connectivity index (χ0v) is 37.9. The first-order valence-corrected chi connectivity index (χ1v) is 28.3. The largest absolute Gasteiger partial charge is 0.464 e. The summed E-state index contributed by atoms with van der Waals surface area (Å²) in [7, 11) is -4.87. The van der Waals surface area contributed by atoms with E-state index in [1.54, 1.807) is 60.3 Å². The van der Waals surface area contributed by atoms with Crippen LogP contribution in [0.3, 0.4) is 0 Å². The molecule has 5 rings (SSSR count). The van der Waals surface area contributed by atoms with E-state index in [4.69, 9.17) is 29.3 Å². The van der Waals surface area contributed by atoms with Crippen molar-refractivity contribution in [2.24, 2.45) is 0 Å². The molecule has 11 nitrogen and oxygen atoms in total. The first-order valence-electron chi connectivity index (χ1n) is 18.4. The Morgan fingerprint density at radius 2 is 1.55 bits per heavy atom. The SMILES string of the molecule is CCc1cc(OCOCC[Si](C)(C)C)c(F)cc1-c1nc(NCc2ccccc2N(C)S(=O)(=O)c2ccccc2)c2c(I)nn(COCC[Si](C)(C)C)c2n1. The van der Waals surface area contributed by atoms with Gasteiger partial charge in [-0.05, 0) is 82.6 Å². The van der Waals surface area contributed by atoms with E-state index >= 15 is 4.39 Å². The smallest absolute Gasteiger partial charge is 0.264 e. The van der Waals surface area contributed by atoms with Crippen LogP contribution in [0.4, 0.5) is 15.9 Å². The maximum absolute atomic E-state index is 15.7. The van der Waals surface area contributed by atoms with Crippen molar-refractivity contribution in [1.82, 2.24) is 19.7 Å². The molecule has 0 fully saturated rings. The average Bonchev–Trinajstić information content (AvgIpc) is 3.46. The Morgan fingerprint density at radius 3 is 2.22 bits per heavy atom. The number of benzene rings is 3. The van der Waals surface area contributed by atoms with E-state index < -0.39 is 32.0 Å². The summed E-state index contributed by atoms with van der Waals surface area (Å²) in [6.45, 7) is 17.2. The Balaban J connectivity index is 1.51. The molecule has 2 heterocycles. The molecule has 0 bridgehead atoms. The van der Waals surface area contributed by atoms with Crippen LogP contribution in [-0.2, 0) is 39.2 Å². The van der Waals surface area contributed by atoms with Crippen LogP contribution in [0.25, 0.3) is 22.4 Å². The van der Waals surface area contributed by atoms with Gasteiger partial charge in [0.05, 0.1) is 16.0 Å². The molecular formula is C39H52FIN6O5SSi2. The summed E-state index contributed by atoms with van der Waals surface area (Å²) in [6.07, 6.45) is 0.568. The van der Waals surface area contributed by atoms with Gasteiger partial charge in [0.15, 0.2) is 29.8 Å². The molecule has 0 saturated carbocycles. The number of aromatic nitrogens is 4. The van der Waals surface area contributed by atoms with E-state index in [0.717, 1.165) is 23.2 Å². The maximum Gasteiger partial charge on any atom is 0.264 e. The molecule has 0 unspecified atom stereocenters. The van der Waals surface area contributed by atoms with Crippen molar-refractivity contribution in [3.05, 3.63) is 87.4 Å². The summed E-state index contributed by atoms with van der Waals surface area (Å²) in [6, 6.07) is 20.7. The highest BCUT2D eigenvalue weighted by molar-refractivity contribution is 14.1. The van der Waals surface area contributed by atoms with Crippen LogP contribution in [0.15, 0.2) is 71.6 Å². The van der Waals surface area contributed by atoms with Gasteiger partial charge in [0.25, 0.3) is 10.0 Å². The standard InChI is InChI=1S/C39H52FIN6O5SSi2/c1-9-28-23-34(52-27-51-20-22-55(6,7)8)32(40)24-31(28)37-43-38(35-36(41)45-47(39(35)44-37)26-50-19-21-54(3,4)5)42-25-29-15-13-14-18-33(29)46(2)53(48,49)30-16-11-10-12-17-30/h10-18,23-24H,9,19-22,25-27H2,1-8H3,(H,42,43,44). The average molecular weight is 919 g/mol. The summed E-state index contributed by atoms with van der Waals surface area (Å²) in [5.74, 6) is 0.336. The number of nitrogens with one attached hydrogen (secondary N) is 1. The van der Waals surface area contributed by atoms with Gasteiger partial charge in [0.2, 0.25) is 0 Å². The monoisotopic (exact) mass is 918 g/mol. The summed E-state index contributed by atoms with van der Waals surface area (Å²) < 4.78 is 64.1. The highest BCUT2D eigenvalue weighted by Gasteiger charge is 2.25. The van der Waals surface area contributed by atoms with Crippen LogP contribution in [0, 0.1) is 9.52 Å². The molecule has 0 amide bonds. The lowest BCUT2D eigenvalue weighted by Gasteiger charge is -2.23. The van der Waals surface area contributed by atoms with Gasteiger partial charge < -0.3 is 19.5 Å². The fourth-order valence-electron chi connectivity index (χ4n) is 5.67. The minimum Gasteiger partial charge on any atom is -0.464 e. The molecule has 0 atom stereocenters. The first-order chi connectivity index (χ1) is 26.0. The third-order valence-electron chi connectivity index (χ3n) is 9.01. The molecule has 3 aromatic carbocycles. The quantitative estimate of drug-likeness (QED) is 0.0374. The molecule has 16 heteroatoms. The fourth-order valence-corrected chi connectivity index (χ4v) is 9.20. The van der Waals surface area contributed by atoms with Crippen molar-refractivity contribution in [2.45, 2.75) is 82.9 Å². The van der Waals surface area contributed by atoms with Gasteiger partial charge in [-0.3, -0.25) is 4.31 Å². The zero-order chi connectivity index (χ0) is 40.0. The Morgan fingerprint density at radius 1 is 0.891 bits per heavy atom. The van der Waals surface area contributed by atoms with Gasteiger partial charge in [0.1, 0.15) is 16.2 Å². The number of rotatable bonds is 19. The fraction of sp³-hybridized carbons (Fsp3) is 0.410. The van der Waals surface area contributed by atoms with Crippen LogP contribution < -0.4 is 14.4 Å². The molecule has 0 aliphatic rings. The third kappa shape index (κ3) is 11.1. The molecular weight excluding hydrogens is 867 g/mol. The molecule has 0 saturated heterocycles. The lowest BCUT2D eigenvalue weighted by molar-refractivity contribution is 0.0197. The molecule has 0 aliphatic heterocycles. The molecule has 0 aliphatic carbocycles. The van der Waals surface area contributed by atoms with Gasteiger partial charge >= 0.3 is 0 Å². The molecule has 2 aromatic heterocycles. The van der Waals surface area contributed by atoms with Crippen LogP contribution >= 0.6 is 22.6 Å². The number of aryl methyl sites for hydroxylation is 1. The summed E-state index contributed by atoms with van der Waals surface area (Å²) in [5, 5.41) is 8.91. The molecule has 5 aromatic rings. The highest BCUT2D eigenvalue weighted by Crippen LogP contribution is 2.34. The van der Waals surface area contributed by atoms with E-state index in [-0.39, 0.29) is 30.7 Å². The van der Waals surface area contributed by atoms with Crippen molar-refractivity contribution >= 4 is 71.3 Å². The number of ether oxygens (including phenoxy) is 3. The second-order valence-corrected chi connectivity index (χ2v) is 30.0. The van der Waals surface area contributed by atoms with Crippen molar-refractivity contribution in [2.75, 3.05) is 36.7 Å². The summed E-state index contributed by atoms with van der Waals surface area (Å²) in [4.78, 5) is 10.1. The van der Waals surface area contributed by atoms with Crippen molar-refractivity contribution in [1.29, 1.82) is 0 Å². The molecule has 296 valence electrons. The van der Waals surface area contributed by atoms with E-state index in [2.05, 4.69) is 67.2 Å². The van der Waals surface area contributed by atoms with Gasteiger partial charge in [0, 0.05) is 48.5 Å². The number of fused-ring (bicyclic) bond motifs is 1. The van der Waals surface area contributed by atoms with E-state index in [9.17, 15) is 8.42 Å². The maximum atomic E-state index is 15.7. The Kier molecular flexibility index (Phi) is 14.2. The minimum absolute atomic E-state index is 0.0426. The number of para-hydroxylation sites is 1. The molecule has 55 heavy (non-hydrogen) atoms. The Hall–Kier alpha value is -3.43. The van der Waals surface area contributed by atoms with Crippen molar-refractivity contribution in [3.8, 4) is 17.1 Å². The summed E-state index contributed by atoms with van der Waals surface area (Å²) >= 11 is 2.17. The number of hydrogen-bond acceptors (Lipinski definition) is 9. The molecule has 0 spiro atoms. The van der Waals surface area contributed by atoms with Crippen LogP contribution in [0.2, 0.25) is 51.4 Å². The number of halogens is 2. The third-order valence-corrected chi connectivity index (χ3v) is 15.0.